The van der Waals surface area contributed by atoms with Gasteiger partial charge in [-0.1, -0.05) is 26.3 Å². The lowest BCUT2D eigenvalue weighted by atomic mass is 10.3. The van der Waals surface area contributed by atoms with Crippen molar-refractivity contribution >= 4 is 17.9 Å². The SMILES string of the molecule is CC(C)C.CNC(=O)CNC(=O)c1nc(C=C(C)C)n2c1CN(C)CCC2. The summed E-state index contributed by atoms with van der Waals surface area (Å²) in [6.45, 7) is 13.0. The van der Waals surface area contributed by atoms with Crippen LogP contribution in [0.5, 0.6) is 0 Å². The maximum atomic E-state index is 12.4. The molecule has 2 rings (SSSR count). The van der Waals surface area contributed by atoms with Gasteiger partial charge in [0.1, 0.15) is 5.82 Å². The van der Waals surface area contributed by atoms with E-state index in [4.69, 9.17) is 0 Å². The van der Waals surface area contributed by atoms with Crippen molar-refractivity contribution in [2.24, 2.45) is 5.92 Å². The predicted molar refractivity (Wildman–Crippen MR) is 109 cm³/mol. The smallest absolute Gasteiger partial charge is 0.272 e. The molecule has 0 saturated carbocycles. The average Bonchev–Trinajstić information content (AvgIpc) is 2.76. The van der Waals surface area contributed by atoms with E-state index >= 15 is 0 Å². The molecule has 27 heavy (non-hydrogen) atoms. The summed E-state index contributed by atoms with van der Waals surface area (Å²) >= 11 is 0. The highest BCUT2D eigenvalue weighted by molar-refractivity contribution is 5.96. The van der Waals surface area contributed by atoms with E-state index in [-0.39, 0.29) is 18.4 Å². The number of allylic oxidation sites excluding steroid dienone is 1. The minimum absolute atomic E-state index is 0.0462. The van der Waals surface area contributed by atoms with Crippen LogP contribution in [-0.4, -0.2) is 53.5 Å². The largest absolute Gasteiger partial charge is 0.358 e. The van der Waals surface area contributed by atoms with Crippen molar-refractivity contribution in [1.82, 2.24) is 25.1 Å². The fourth-order valence-electron chi connectivity index (χ4n) is 2.63. The molecule has 0 bridgehead atoms. The van der Waals surface area contributed by atoms with Crippen LogP contribution in [0.15, 0.2) is 5.57 Å². The number of nitrogens with one attached hydrogen (secondary N) is 2. The molecule has 0 radical (unpaired) electrons. The molecule has 0 unspecified atom stereocenters. The Bertz CT molecular complexity index is 669. The van der Waals surface area contributed by atoms with E-state index in [1.54, 1.807) is 7.05 Å². The van der Waals surface area contributed by atoms with Gasteiger partial charge in [-0.05, 0) is 45.9 Å². The molecular formula is C20H35N5O2. The van der Waals surface area contributed by atoms with Gasteiger partial charge in [-0.25, -0.2) is 4.98 Å². The summed E-state index contributed by atoms with van der Waals surface area (Å²) in [6, 6.07) is 0. The highest BCUT2D eigenvalue weighted by atomic mass is 16.2. The standard InChI is InChI=1S/C16H25N5O2.C4H10/c1-11(2)8-13-19-15(16(23)18-9-14(22)17-3)12-10-20(4)6-5-7-21(12)13;1-4(2)3/h8H,5-7,9-10H2,1-4H3,(H,17,22)(H,18,23);4H,1-3H3. The lowest BCUT2D eigenvalue weighted by molar-refractivity contribution is -0.119. The van der Waals surface area contributed by atoms with Gasteiger partial charge in [-0.15, -0.1) is 0 Å². The Morgan fingerprint density at radius 3 is 2.41 bits per heavy atom. The monoisotopic (exact) mass is 377 g/mol. The van der Waals surface area contributed by atoms with Crippen LogP contribution < -0.4 is 10.6 Å². The third-order valence-electron chi connectivity index (χ3n) is 3.76. The zero-order valence-corrected chi connectivity index (χ0v) is 17.8. The summed E-state index contributed by atoms with van der Waals surface area (Å²) in [5, 5.41) is 5.12. The van der Waals surface area contributed by atoms with Gasteiger partial charge in [0.2, 0.25) is 5.91 Å². The molecule has 2 amide bonds. The molecule has 1 aliphatic heterocycles. The molecule has 2 N–H and O–H groups in total. The summed E-state index contributed by atoms with van der Waals surface area (Å²) in [5.74, 6) is 1.10. The van der Waals surface area contributed by atoms with E-state index in [2.05, 4.69) is 45.9 Å². The van der Waals surface area contributed by atoms with Crippen LogP contribution >= 0.6 is 0 Å². The molecule has 152 valence electrons. The number of hydrogen-bond acceptors (Lipinski definition) is 4. The Kier molecular flexibility index (Phi) is 9.21. The Morgan fingerprint density at radius 1 is 1.22 bits per heavy atom. The van der Waals surface area contributed by atoms with E-state index in [1.807, 2.05) is 27.0 Å². The number of amides is 2. The molecule has 2 heterocycles. The van der Waals surface area contributed by atoms with Gasteiger partial charge in [-0.2, -0.15) is 0 Å². The summed E-state index contributed by atoms with van der Waals surface area (Å²) < 4.78 is 2.12. The summed E-state index contributed by atoms with van der Waals surface area (Å²) in [5.41, 5.74) is 2.45. The van der Waals surface area contributed by atoms with Crippen LogP contribution in [0.1, 0.15) is 63.0 Å². The third-order valence-corrected chi connectivity index (χ3v) is 3.76. The van der Waals surface area contributed by atoms with Crippen LogP contribution in [-0.2, 0) is 17.9 Å². The maximum Gasteiger partial charge on any atom is 0.272 e. The van der Waals surface area contributed by atoms with E-state index in [0.29, 0.717) is 12.2 Å². The first-order valence-corrected chi connectivity index (χ1v) is 9.57. The van der Waals surface area contributed by atoms with Gasteiger partial charge in [0.15, 0.2) is 5.69 Å². The number of carbonyl (C=O) groups is 2. The van der Waals surface area contributed by atoms with Gasteiger partial charge in [0.05, 0.1) is 12.2 Å². The zero-order chi connectivity index (χ0) is 20.6. The van der Waals surface area contributed by atoms with Crippen LogP contribution in [0, 0.1) is 5.92 Å². The van der Waals surface area contributed by atoms with Gasteiger partial charge in [0, 0.05) is 20.1 Å². The topological polar surface area (TPSA) is 79.3 Å². The first-order chi connectivity index (χ1) is 12.6. The third kappa shape index (κ3) is 7.54. The molecule has 0 saturated heterocycles. The molecule has 0 spiro atoms. The molecule has 0 aliphatic carbocycles. The molecule has 0 atom stereocenters. The van der Waals surface area contributed by atoms with Gasteiger partial charge >= 0.3 is 0 Å². The van der Waals surface area contributed by atoms with Crippen LogP contribution in [0.25, 0.3) is 6.08 Å². The van der Waals surface area contributed by atoms with Crippen molar-refractivity contribution in [3.05, 3.63) is 22.8 Å². The van der Waals surface area contributed by atoms with Gasteiger partial charge in [0.25, 0.3) is 5.91 Å². The highest BCUT2D eigenvalue weighted by Crippen LogP contribution is 2.20. The number of likely N-dealkylation sites (N-methyl/N-ethyl adjacent to an activating group) is 1. The second kappa shape index (κ2) is 10.9. The van der Waals surface area contributed by atoms with Gasteiger partial charge in [-0.3, -0.25) is 9.59 Å². The molecule has 1 aromatic heterocycles. The second-order valence-corrected chi connectivity index (χ2v) is 7.82. The number of hydrogen-bond donors (Lipinski definition) is 2. The van der Waals surface area contributed by atoms with Crippen LogP contribution in [0.2, 0.25) is 0 Å². The quantitative estimate of drug-likeness (QED) is 0.844. The number of imidazole rings is 1. The summed E-state index contributed by atoms with van der Waals surface area (Å²) in [6.07, 6.45) is 3.01. The van der Waals surface area contributed by atoms with Crippen LogP contribution in [0.3, 0.4) is 0 Å². The Balaban J connectivity index is 0.000000828. The highest BCUT2D eigenvalue weighted by Gasteiger charge is 2.24. The second-order valence-electron chi connectivity index (χ2n) is 7.82. The predicted octanol–water partition coefficient (Wildman–Crippen LogP) is 2.28. The minimum Gasteiger partial charge on any atom is -0.358 e. The first-order valence-electron chi connectivity index (χ1n) is 9.57. The van der Waals surface area contributed by atoms with E-state index in [0.717, 1.165) is 42.5 Å². The van der Waals surface area contributed by atoms with E-state index in [9.17, 15) is 9.59 Å². The maximum absolute atomic E-state index is 12.4. The molecule has 7 heteroatoms. The number of fused-ring (bicyclic) bond motifs is 1. The van der Waals surface area contributed by atoms with Crippen LogP contribution in [0.4, 0.5) is 0 Å². The van der Waals surface area contributed by atoms with Crippen molar-refractivity contribution in [3.63, 3.8) is 0 Å². The number of nitrogens with zero attached hydrogens (tertiary/aromatic N) is 3. The van der Waals surface area contributed by atoms with Crippen molar-refractivity contribution in [3.8, 4) is 0 Å². The normalized spacial score (nSPS) is 13.8. The van der Waals surface area contributed by atoms with Gasteiger partial charge < -0.3 is 20.1 Å². The lowest BCUT2D eigenvalue weighted by Gasteiger charge is -2.13. The summed E-state index contributed by atoms with van der Waals surface area (Å²) in [7, 11) is 3.58. The number of aromatic nitrogens is 2. The van der Waals surface area contributed by atoms with Crippen molar-refractivity contribution in [2.75, 3.05) is 27.2 Å². The molecule has 0 aromatic carbocycles. The fraction of sp³-hybridized carbons (Fsp3) is 0.650. The van der Waals surface area contributed by atoms with Crippen molar-refractivity contribution < 1.29 is 9.59 Å². The average molecular weight is 378 g/mol. The molecule has 1 aliphatic rings. The molecular weight excluding hydrogens is 342 g/mol. The van der Waals surface area contributed by atoms with Crippen molar-refractivity contribution in [2.45, 2.75) is 54.1 Å². The number of rotatable bonds is 4. The van der Waals surface area contributed by atoms with Crippen molar-refractivity contribution in [1.29, 1.82) is 0 Å². The first kappa shape index (κ1) is 22.9. The molecule has 0 fully saturated rings. The number of carbonyl (C=O) groups excluding carboxylic acids is 2. The Hall–Kier alpha value is -2.15. The molecule has 1 aromatic rings. The van der Waals surface area contributed by atoms with E-state index < -0.39 is 0 Å². The molecule has 7 nitrogen and oxygen atoms in total. The minimum atomic E-state index is -0.305. The fourth-order valence-corrected chi connectivity index (χ4v) is 2.63. The Labute approximate surface area is 163 Å². The summed E-state index contributed by atoms with van der Waals surface area (Å²) in [4.78, 5) is 30.5. The lowest BCUT2D eigenvalue weighted by Crippen LogP contribution is -2.36. The Morgan fingerprint density at radius 2 is 1.85 bits per heavy atom. The van der Waals surface area contributed by atoms with E-state index in [1.165, 1.54) is 0 Å². The zero-order valence-electron chi connectivity index (χ0n) is 17.8.